The summed E-state index contributed by atoms with van der Waals surface area (Å²) in [5.41, 5.74) is -0.945. The summed E-state index contributed by atoms with van der Waals surface area (Å²) in [6.07, 6.45) is -4.51. The van der Waals surface area contributed by atoms with Gasteiger partial charge in [0, 0.05) is 0 Å². The summed E-state index contributed by atoms with van der Waals surface area (Å²) in [5, 5.41) is 0. The molecule has 15 heavy (non-hydrogen) atoms. The van der Waals surface area contributed by atoms with Gasteiger partial charge in [-0.1, -0.05) is 0 Å². The average molecular weight is 287 g/mol. The van der Waals surface area contributed by atoms with Gasteiger partial charge in [-0.05, 0) is 35.0 Å². The van der Waals surface area contributed by atoms with Gasteiger partial charge in [-0.25, -0.2) is 4.39 Å². The molecule has 84 valence electrons. The minimum absolute atomic E-state index is 0.102. The van der Waals surface area contributed by atoms with E-state index in [1.165, 1.54) is 0 Å². The zero-order valence-corrected chi connectivity index (χ0v) is 9.25. The van der Waals surface area contributed by atoms with E-state index >= 15 is 0 Å². The van der Waals surface area contributed by atoms with Crippen molar-refractivity contribution in [2.45, 2.75) is 13.1 Å². The molecule has 1 aromatic carbocycles. The SMILES string of the molecule is CCOc1cc(C(F)(F)F)cc(Br)c1F. The fraction of sp³-hybridized carbons (Fsp3) is 0.333. The minimum Gasteiger partial charge on any atom is -0.491 e. The maximum atomic E-state index is 13.2. The molecule has 0 saturated carbocycles. The van der Waals surface area contributed by atoms with Crippen molar-refractivity contribution in [1.29, 1.82) is 0 Å². The lowest BCUT2D eigenvalue weighted by Crippen LogP contribution is -2.07. The van der Waals surface area contributed by atoms with Gasteiger partial charge < -0.3 is 4.74 Å². The summed E-state index contributed by atoms with van der Waals surface area (Å²) in [5.74, 6) is -1.23. The third-order valence-electron chi connectivity index (χ3n) is 1.62. The van der Waals surface area contributed by atoms with Crippen molar-refractivity contribution in [3.63, 3.8) is 0 Å². The Morgan fingerprint density at radius 1 is 1.33 bits per heavy atom. The molecule has 1 aromatic rings. The van der Waals surface area contributed by atoms with E-state index in [2.05, 4.69) is 15.9 Å². The fourth-order valence-electron chi connectivity index (χ4n) is 0.988. The van der Waals surface area contributed by atoms with Gasteiger partial charge in [-0.2, -0.15) is 13.2 Å². The Bertz CT molecular complexity index is 362. The molecule has 6 heteroatoms. The zero-order chi connectivity index (χ0) is 11.6. The number of alkyl halides is 3. The largest absolute Gasteiger partial charge is 0.491 e. The number of ether oxygens (including phenoxy) is 1. The predicted molar refractivity (Wildman–Crippen MR) is 50.3 cm³/mol. The van der Waals surface area contributed by atoms with Gasteiger partial charge in [-0.3, -0.25) is 0 Å². The van der Waals surface area contributed by atoms with E-state index in [9.17, 15) is 17.6 Å². The van der Waals surface area contributed by atoms with E-state index < -0.39 is 23.3 Å². The van der Waals surface area contributed by atoms with Crippen molar-refractivity contribution in [2.24, 2.45) is 0 Å². The first kappa shape index (κ1) is 12.3. The van der Waals surface area contributed by atoms with Crippen molar-refractivity contribution in [3.8, 4) is 5.75 Å². The van der Waals surface area contributed by atoms with Crippen LogP contribution in [-0.4, -0.2) is 6.61 Å². The topological polar surface area (TPSA) is 9.23 Å². The fourth-order valence-corrected chi connectivity index (χ4v) is 1.43. The Balaban J connectivity index is 3.23. The van der Waals surface area contributed by atoms with Crippen LogP contribution < -0.4 is 4.74 Å². The minimum atomic E-state index is -4.51. The standard InChI is InChI=1S/C9H7BrF4O/c1-2-15-7-4-5(9(12,13)14)3-6(10)8(7)11/h3-4H,2H2,1H3. The van der Waals surface area contributed by atoms with Crippen LogP contribution >= 0.6 is 15.9 Å². The molecule has 0 bridgehead atoms. The maximum absolute atomic E-state index is 13.2. The third-order valence-corrected chi connectivity index (χ3v) is 2.20. The van der Waals surface area contributed by atoms with Gasteiger partial charge in [0.1, 0.15) is 0 Å². The van der Waals surface area contributed by atoms with Crippen LogP contribution in [0.2, 0.25) is 0 Å². The van der Waals surface area contributed by atoms with E-state index in [0.29, 0.717) is 12.1 Å². The number of rotatable bonds is 2. The van der Waals surface area contributed by atoms with Gasteiger partial charge in [0.15, 0.2) is 11.6 Å². The number of hydrogen-bond donors (Lipinski definition) is 0. The lowest BCUT2D eigenvalue weighted by molar-refractivity contribution is -0.137. The number of halogens is 5. The second-order valence-electron chi connectivity index (χ2n) is 2.70. The smallest absolute Gasteiger partial charge is 0.416 e. The molecule has 0 spiro atoms. The summed E-state index contributed by atoms with van der Waals surface area (Å²) < 4.78 is 54.7. The summed E-state index contributed by atoms with van der Waals surface area (Å²) in [7, 11) is 0. The van der Waals surface area contributed by atoms with Crippen molar-refractivity contribution >= 4 is 15.9 Å². The Morgan fingerprint density at radius 2 is 1.93 bits per heavy atom. The first-order valence-corrected chi connectivity index (χ1v) is 4.84. The van der Waals surface area contributed by atoms with E-state index in [1.54, 1.807) is 6.92 Å². The van der Waals surface area contributed by atoms with E-state index in [-0.39, 0.29) is 11.1 Å². The summed E-state index contributed by atoms with van der Waals surface area (Å²) >= 11 is 2.70. The molecule has 0 aliphatic rings. The predicted octanol–water partition coefficient (Wildman–Crippen LogP) is 4.01. The zero-order valence-electron chi connectivity index (χ0n) is 7.66. The molecule has 0 aliphatic heterocycles. The summed E-state index contributed by atoms with van der Waals surface area (Å²) in [6.45, 7) is 1.66. The van der Waals surface area contributed by atoms with Crippen LogP contribution in [0.3, 0.4) is 0 Å². The van der Waals surface area contributed by atoms with Gasteiger partial charge in [0.05, 0.1) is 16.6 Å². The summed E-state index contributed by atoms with van der Waals surface area (Å²) in [4.78, 5) is 0. The molecule has 1 rings (SSSR count). The highest BCUT2D eigenvalue weighted by Gasteiger charge is 2.32. The highest BCUT2D eigenvalue weighted by molar-refractivity contribution is 9.10. The quantitative estimate of drug-likeness (QED) is 0.747. The van der Waals surface area contributed by atoms with Crippen molar-refractivity contribution in [2.75, 3.05) is 6.61 Å². The molecule has 0 amide bonds. The normalized spacial score (nSPS) is 11.6. The van der Waals surface area contributed by atoms with Crippen molar-refractivity contribution in [1.82, 2.24) is 0 Å². The number of benzene rings is 1. The van der Waals surface area contributed by atoms with Crippen LogP contribution in [0.5, 0.6) is 5.75 Å². The second kappa shape index (κ2) is 4.38. The van der Waals surface area contributed by atoms with Crippen LogP contribution in [0.1, 0.15) is 12.5 Å². The van der Waals surface area contributed by atoms with Crippen LogP contribution in [0.25, 0.3) is 0 Å². The van der Waals surface area contributed by atoms with Crippen molar-refractivity contribution in [3.05, 3.63) is 28.0 Å². The van der Waals surface area contributed by atoms with Crippen LogP contribution in [0.15, 0.2) is 16.6 Å². The lowest BCUT2D eigenvalue weighted by Gasteiger charge is -2.11. The van der Waals surface area contributed by atoms with Gasteiger partial charge >= 0.3 is 6.18 Å². The molecule has 0 radical (unpaired) electrons. The Morgan fingerprint density at radius 3 is 2.40 bits per heavy atom. The van der Waals surface area contributed by atoms with E-state index in [4.69, 9.17) is 4.74 Å². The Kier molecular flexibility index (Phi) is 3.59. The van der Waals surface area contributed by atoms with Crippen LogP contribution in [-0.2, 0) is 6.18 Å². The first-order valence-electron chi connectivity index (χ1n) is 4.05. The molecule has 0 aromatic heterocycles. The monoisotopic (exact) mass is 286 g/mol. The second-order valence-corrected chi connectivity index (χ2v) is 3.56. The Hall–Kier alpha value is -0.780. The molecular formula is C9H7BrF4O. The van der Waals surface area contributed by atoms with E-state index in [1.807, 2.05) is 0 Å². The molecule has 0 aliphatic carbocycles. The Labute approximate surface area is 92.2 Å². The highest BCUT2D eigenvalue weighted by Crippen LogP contribution is 2.36. The van der Waals surface area contributed by atoms with E-state index in [0.717, 1.165) is 0 Å². The van der Waals surface area contributed by atoms with Crippen LogP contribution in [0.4, 0.5) is 17.6 Å². The molecule has 0 heterocycles. The van der Waals surface area contributed by atoms with Gasteiger partial charge in [0.25, 0.3) is 0 Å². The molecule has 0 N–H and O–H groups in total. The highest BCUT2D eigenvalue weighted by atomic mass is 79.9. The lowest BCUT2D eigenvalue weighted by atomic mass is 10.2. The maximum Gasteiger partial charge on any atom is 0.416 e. The molecule has 0 fully saturated rings. The molecular weight excluding hydrogens is 280 g/mol. The molecule has 0 saturated heterocycles. The van der Waals surface area contributed by atoms with Gasteiger partial charge in [0.2, 0.25) is 0 Å². The van der Waals surface area contributed by atoms with Gasteiger partial charge in [-0.15, -0.1) is 0 Å². The van der Waals surface area contributed by atoms with Crippen LogP contribution in [0, 0.1) is 5.82 Å². The molecule has 0 unspecified atom stereocenters. The molecule has 1 nitrogen and oxygen atoms in total. The first-order chi connectivity index (χ1) is 6.86. The number of hydrogen-bond acceptors (Lipinski definition) is 1. The average Bonchev–Trinajstić information content (AvgIpc) is 2.11. The van der Waals surface area contributed by atoms with Crippen molar-refractivity contribution < 1.29 is 22.3 Å². The third kappa shape index (κ3) is 2.84. The summed E-state index contributed by atoms with van der Waals surface area (Å²) in [6, 6.07) is 1.32. The molecule has 0 atom stereocenters.